The van der Waals surface area contributed by atoms with Crippen molar-refractivity contribution in [1.29, 1.82) is 0 Å². The van der Waals surface area contributed by atoms with Gasteiger partial charge in [-0.3, -0.25) is 9.07 Å². The number of halogens is 1. The summed E-state index contributed by atoms with van der Waals surface area (Å²) in [5.41, 5.74) is 6.00. The Bertz CT molecular complexity index is 197. The van der Waals surface area contributed by atoms with Crippen LogP contribution in [0.25, 0.3) is 0 Å². The number of hydrogen-bond acceptors (Lipinski definition) is 2. The van der Waals surface area contributed by atoms with Crippen molar-refractivity contribution in [3.63, 3.8) is 0 Å². The number of nitrogen functional groups attached to an aromatic ring is 1. The Kier molecular flexibility index (Phi) is 2.25. The Hall–Kier alpha value is -1.06. The standard InChI is InChI=1S/C6H10FN3/c7-2-1-3-10-5-6(8)4-9-10/h4-5H,1-3,8H2. The third kappa shape index (κ3) is 1.72. The molecule has 10 heavy (non-hydrogen) atoms. The van der Waals surface area contributed by atoms with E-state index < -0.39 is 0 Å². The van der Waals surface area contributed by atoms with Gasteiger partial charge in [0.2, 0.25) is 0 Å². The molecular weight excluding hydrogens is 133 g/mol. The summed E-state index contributed by atoms with van der Waals surface area (Å²) in [5, 5.41) is 3.88. The topological polar surface area (TPSA) is 43.8 Å². The van der Waals surface area contributed by atoms with Crippen molar-refractivity contribution in [2.45, 2.75) is 13.0 Å². The lowest BCUT2D eigenvalue weighted by molar-refractivity contribution is 0.435. The average molecular weight is 143 g/mol. The molecule has 0 saturated carbocycles. The van der Waals surface area contributed by atoms with Crippen molar-refractivity contribution in [3.8, 4) is 0 Å². The molecule has 0 amide bonds. The summed E-state index contributed by atoms with van der Waals surface area (Å²) in [5.74, 6) is 0. The molecule has 0 aliphatic rings. The van der Waals surface area contributed by atoms with E-state index in [0.29, 0.717) is 18.7 Å². The lowest BCUT2D eigenvalue weighted by Gasteiger charge is -1.94. The lowest BCUT2D eigenvalue weighted by Crippen LogP contribution is -1.98. The number of alkyl halides is 1. The van der Waals surface area contributed by atoms with Gasteiger partial charge in [0.05, 0.1) is 18.6 Å². The lowest BCUT2D eigenvalue weighted by atomic mass is 10.5. The molecule has 0 aromatic carbocycles. The van der Waals surface area contributed by atoms with E-state index in [9.17, 15) is 4.39 Å². The van der Waals surface area contributed by atoms with Crippen LogP contribution in [0, 0.1) is 0 Å². The van der Waals surface area contributed by atoms with Crippen molar-refractivity contribution >= 4 is 5.69 Å². The summed E-state index contributed by atoms with van der Waals surface area (Å²) in [6.07, 6.45) is 3.75. The Labute approximate surface area is 58.6 Å². The first-order valence-electron chi connectivity index (χ1n) is 3.17. The number of hydrogen-bond donors (Lipinski definition) is 1. The Morgan fingerprint density at radius 1 is 1.70 bits per heavy atom. The second-order valence-electron chi connectivity index (χ2n) is 2.08. The minimum absolute atomic E-state index is 0.306. The van der Waals surface area contributed by atoms with E-state index in [1.807, 2.05) is 0 Å². The zero-order valence-electron chi connectivity index (χ0n) is 5.63. The van der Waals surface area contributed by atoms with Crippen LogP contribution in [0.4, 0.5) is 10.1 Å². The van der Waals surface area contributed by atoms with Gasteiger partial charge >= 0.3 is 0 Å². The van der Waals surface area contributed by atoms with Gasteiger partial charge < -0.3 is 5.73 Å². The molecule has 56 valence electrons. The number of aryl methyl sites for hydroxylation is 1. The normalized spacial score (nSPS) is 10.1. The van der Waals surface area contributed by atoms with Crippen molar-refractivity contribution in [2.75, 3.05) is 12.4 Å². The number of anilines is 1. The molecule has 0 unspecified atom stereocenters. The van der Waals surface area contributed by atoms with Crippen molar-refractivity contribution < 1.29 is 4.39 Å². The number of nitrogens with two attached hydrogens (primary N) is 1. The predicted molar refractivity (Wildman–Crippen MR) is 37.2 cm³/mol. The highest BCUT2D eigenvalue weighted by Crippen LogP contribution is 1.98. The highest BCUT2D eigenvalue weighted by Gasteiger charge is 1.92. The summed E-state index contributed by atoms with van der Waals surface area (Å²) in [4.78, 5) is 0. The van der Waals surface area contributed by atoms with Crippen molar-refractivity contribution in [1.82, 2.24) is 9.78 Å². The van der Waals surface area contributed by atoms with Crippen molar-refractivity contribution in [3.05, 3.63) is 12.4 Å². The maximum atomic E-state index is 11.6. The van der Waals surface area contributed by atoms with E-state index in [1.165, 1.54) is 0 Å². The molecule has 0 aliphatic carbocycles. The smallest absolute Gasteiger partial charge is 0.0912 e. The van der Waals surface area contributed by atoms with Crippen LogP contribution >= 0.6 is 0 Å². The third-order valence-electron chi connectivity index (χ3n) is 1.17. The summed E-state index contributed by atoms with van der Waals surface area (Å²) in [6.45, 7) is 0.299. The van der Waals surface area contributed by atoms with Gasteiger partial charge in [-0.05, 0) is 6.42 Å². The van der Waals surface area contributed by atoms with E-state index in [2.05, 4.69) is 5.10 Å². The van der Waals surface area contributed by atoms with Gasteiger partial charge in [0.15, 0.2) is 0 Å². The van der Waals surface area contributed by atoms with Crippen molar-refractivity contribution in [2.24, 2.45) is 0 Å². The summed E-state index contributed by atoms with van der Waals surface area (Å²) in [6, 6.07) is 0. The largest absolute Gasteiger partial charge is 0.396 e. The zero-order chi connectivity index (χ0) is 7.40. The molecule has 0 bridgehead atoms. The van der Waals surface area contributed by atoms with E-state index in [1.54, 1.807) is 17.1 Å². The molecule has 1 aromatic heterocycles. The molecule has 0 saturated heterocycles. The van der Waals surface area contributed by atoms with Gasteiger partial charge in [-0.25, -0.2) is 0 Å². The highest BCUT2D eigenvalue weighted by atomic mass is 19.1. The molecule has 1 aromatic rings. The van der Waals surface area contributed by atoms with Crippen LogP contribution < -0.4 is 5.73 Å². The fraction of sp³-hybridized carbons (Fsp3) is 0.500. The van der Waals surface area contributed by atoms with E-state index in [0.717, 1.165) is 0 Å². The molecule has 0 spiro atoms. The molecule has 0 radical (unpaired) electrons. The number of aromatic nitrogens is 2. The summed E-state index contributed by atoms with van der Waals surface area (Å²) < 4.78 is 13.2. The van der Waals surface area contributed by atoms with Gasteiger partial charge in [-0.2, -0.15) is 5.10 Å². The maximum Gasteiger partial charge on any atom is 0.0912 e. The molecule has 0 aliphatic heterocycles. The van der Waals surface area contributed by atoms with Crippen LogP contribution in [0.1, 0.15) is 6.42 Å². The van der Waals surface area contributed by atoms with Crippen LogP contribution in [0.3, 0.4) is 0 Å². The van der Waals surface area contributed by atoms with E-state index >= 15 is 0 Å². The molecule has 3 nitrogen and oxygen atoms in total. The zero-order valence-corrected chi connectivity index (χ0v) is 5.63. The molecule has 1 heterocycles. The van der Waals surface area contributed by atoms with E-state index in [4.69, 9.17) is 5.73 Å². The third-order valence-corrected chi connectivity index (χ3v) is 1.17. The quantitative estimate of drug-likeness (QED) is 0.680. The minimum Gasteiger partial charge on any atom is -0.396 e. The predicted octanol–water partition coefficient (Wildman–Crippen LogP) is 0.825. The molecule has 1 rings (SSSR count). The van der Waals surface area contributed by atoms with Gasteiger partial charge in [0.25, 0.3) is 0 Å². The van der Waals surface area contributed by atoms with Gasteiger partial charge in [0, 0.05) is 12.7 Å². The first kappa shape index (κ1) is 7.05. The molecule has 0 fully saturated rings. The molecule has 2 N–H and O–H groups in total. The summed E-state index contributed by atoms with van der Waals surface area (Å²) in [7, 11) is 0. The van der Waals surface area contributed by atoms with Crippen LogP contribution in [0.2, 0.25) is 0 Å². The molecule has 0 atom stereocenters. The number of rotatable bonds is 3. The monoisotopic (exact) mass is 143 g/mol. The number of nitrogens with zero attached hydrogens (tertiary/aromatic N) is 2. The SMILES string of the molecule is Nc1cnn(CCCF)c1. The Morgan fingerprint density at radius 3 is 3.00 bits per heavy atom. The molecular formula is C6H10FN3. The minimum atomic E-state index is -0.306. The second kappa shape index (κ2) is 3.20. The maximum absolute atomic E-state index is 11.6. The van der Waals surface area contributed by atoms with Gasteiger partial charge in [0.1, 0.15) is 0 Å². The van der Waals surface area contributed by atoms with Crippen LogP contribution in [-0.4, -0.2) is 16.5 Å². The first-order chi connectivity index (χ1) is 4.83. The Balaban J connectivity index is 2.42. The van der Waals surface area contributed by atoms with Crippen LogP contribution in [0.5, 0.6) is 0 Å². The second-order valence-corrected chi connectivity index (χ2v) is 2.08. The first-order valence-corrected chi connectivity index (χ1v) is 3.17. The molecule has 4 heteroatoms. The van der Waals surface area contributed by atoms with Crippen LogP contribution in [0.15, 0.2) is 12.4 Å². The fourth-order valence-corrected chi connectivity index (χ4v) is 0.724. The van der Waals surface area contributed by atoms with Gasteiger partial charge in [-0.1, -0.05) is 0 Å². The Morgan fingerprint density at radius 2 is 2.50 bits per heavy atom. The van der Waals surface area contributed by atoms with E-state index in [-0.39, 0.29) is 6.67 Å². The highest BCUT2D eigenvalue weighted by molar-refractivity contribution is 5.30. The van der Waals surface area contributed by atoms with Crippen LogP contribution in [-0.2, 0) is 6.54 Å². The van der Waals surface area contributed by atoms with Gasteiger partial charge in [-0.15, -0.1) is 0 Å². The average Bonchev–Trinajstić information content (AvgIpc) is 2.31. The fourth-order valence-electron chi connectivity index (χ4n) is 0.724. The summed E-state index contributed by atoms with van der Waals surface area (Å²) >= 11 is 0.